The van der Waals surface area contributed by atoms with Gasteiger partial charge in [-0.3, -0.25) is 4.79 Å². The summed E-state index contributed by atoms with van der Waals surface area (Å²) in [5, 5.41) is 2.51. The molecule has 1 aliphatic heterocycles. The van der Waals surface area contributed by atoms with Crippen LogP contribution in [0.25, 0.3) is 10.8 Å². The summed E-state index contributed by atoms with van der Waals surface area (Å²) in [6, 6.07) is 21.9. The quantitative estimate of drug-likeness (QED) is 0.337. The zero-order valence-corrected chi connectivity index (χ0v) is 21.6. The second-order valence-corrected chi connectivity index (χ2v) is 10.5. The van der Waals surface area contributed by atoms with Gasteiger partial charge in [-0.15, -0.1) is 0 Å². The topological polar surface area (TPSA) is 23.6 Å². The fourth-order valence-electron chi connectivity index (χ4n) is 6.70. The fraction of sp³-hybridized carbons (Fsp3) is 0.469. The normalized spacial score (nSPS) is 17.8. The van der Waals surface area contributed by atoms with E-state index in [4.69, 9.17) is 0 Å². The van der Waals surface area contributed by atoms with E-state index in [9.17, 15) is 4.79 Å². The molecule has 0 aromatic heterocycles. The standard InChI is InChI=1S/C32H40N2O/c1-3-18-32(19-4-2)28-16-17-29(26-14-8-15-27(30(26)28)31(32)35)34-22-10-21-33(23-24-34)20-9-13-25-11-6-5-7-12-25/h5-8,11-12,14-17H,3-4,9-10,13,18-24H2,1-2H3. The average Bonchev–Trinajstić information content (AvgIpc) is 3.02. The molecular formula is C32H40N2O. The van der Waals surface area contributed by atoms with E-state index in [0.717, 1.165) is 63.8 Å². The third-order valence-electron chi connectivity index (χ3n) is 8.28. The molecule has 0 bridgehead atoms. The Morgan fingerprint density at radius 1 is 0.829 bits per heavy atom. The highest BCUT2D eigenvalue weighted by Crippen LogP contribution is 2.49. The third kappa shape index (κ3) is 4.51. The van der Waals surface area contributed by atoms with E-state index in [0.29, 0.717) is 5.78 Å². The minimum absolute atomic E-state index is 0.321. The van der Waals surface area contributed by atoms with Gasteiger partial charge in [0.15, 0.2) is 5.78 Å². The van der Waals surface area contributed by atoms with E-state index < -0.39 is 0 Å². The number of rotatable bonds is 9. The maximum absolute atomic E-state index is 13.7. The molecule has 0 atom stereocenters. The molecule has 3 nitrogen and oxygen atoms in total. The lowest BCUT2D eigenvalue weighted by atomic mass is 9.73. The second-order valence-electron chi connectivity index (χ2n) is 10.5. The molecule has 3 aromatic rings. The summed E-state index contributed by atoms with van der Waals surface area (Å²) in [5.74, 6) is 0.361. The van der Waals surface area contributed by atoms with Crippen LogP contribution in [0.15, 0.2) is 60.7 Å². The SMILES string of the molecule is CCCC1(CCC)C(=O)c2cccc3c(N4CCCN(CCCc5ccccc5)CC4)ccc1c23. The molecule has 0 radical (unpaired) electrons. The highest BCUT2D eigenvalue weighted by molar-refractivity contribution is 6.22. The van der Waals surface area contributed by atoms with E-state index in [1.165, 1.54) is 47.0 Å². The summed E-state index contributed by atoms with van der Waals surface area (Å²) in [4.78, 5) is 19.0. The maximum Gasteiger partial charge on any atom is 0.174 e. The summed E-state index contributed by atoms with van der Waals surface area (Å²) in [7, 11) is 0. The Labute approximate surface area is 211 Å². The van der Waals surface area contributed by atoms with Crippen LogP contribution in [-0.2, 0) is 11.8 Å². The van der Waals surface area contributed by atoms with Crippen molar-refractivity contribution in [1.29, 1.82) is 0 Å². The van der Waals surface area contributed by atoms with Crippen molar-refractivity contribution >= 4 is 22.2 Å². The third-order valence-corrected chi connectivity index (χ3v) is 8.28. The lowest BCUT2D eigenvalue weighted by Crippen LogP contribution is -2.32. The molecule has 1 fully saturated rings. The highest BCUT2D eigenvalue weighted by atomic mass is 16.1. The first-order valence-electron chi connectivity index (χ1n) is 13.8. The van der Waals surface area contributed by atoms with Gasteiger partial charge in [-0.1, -0.05) is 81.3 Å². The van der Waals surface area contributed by atoms with Crippen molar-refractivity contribution in [2.75, 3.05) is 37.6 Å². The molecule has 1 aliphatic carbocycles. The molecule has 184 valence electrons. The van der Waals surface area contributed by atoms with Crippen LogP contribution in [0.2, 0.25) is 0 Å². The van der Waals surface area contributed by atoms with Gasteiger partial charge < -0.3 is 9.80 Å². The van der Waals surface area contributed by atoms with E-state index in [2.05, 4.69) is 84.3 Å². The van der Waals surface area contributed by atoms with E-state index in [-0.39, 0.29) is 5.41 Å². The molecule has 0 unspecified atom stereocenters. The Hall–Kier alpha value is -2.65. The number of benzene rings is 3. The number of ketones is 1. The van der Waals surface area contributed by atoms with Crippen molar-refractivity contribution < 1.29 is 4.79 Å². The van der Waals surface area contributed by atoms with Crippen LogP contribution in [0, 0.1) is 0 Å². The molecule has 3 heteroatoms. The first-order chi connectivity index (χ1) is 17.2. The van der Waals surface area contributed by atoms with Crippen molar-refractivity contribution in [3.8, 4) is 0 Å². The van der Waals surface area contributed by atoms with Crippen LogP contribution in [0.5, 0.6) is 0 Å². The molecule has 5 rings (SSSR count). The van der Waals surface area contributed by atoms with Gasteiger partial charge in [0.1, 0.15) is 0 Å². The van der Waals surface area contributed by atoms with Gasteiger partial charge in [0, 0.05) is 36.3 Å². The summed E-state index contributed by atoms with van der Waals surface area (Å²) in [6.07, 6.45) is 7.52. The lowest BCUT2D eigenvalue weighted by Gasteiger charge is -2.30. The van der Waals surface area contributed by atoms with Gasteiger partial charge in [0.25, 0.3) is 0 Å². The average molecular weight is 469 g/mol. The Morgan fingerprint density at radius 2 is 1.63 bits per heavy atom. The highest BCUT2D eigenvalue weighted by Gasteiger charge is 2.46. The second kappa shape index (κ2) is 10.5. The number of anilines is 1. The van der Waals surface area contributed by atoms with Gasteiger partial charge in [-0.05, 0) is 67.8 Å². The zero-order valence-electron chi connectivity index (χ0n) is 21.6. The zero-order chi connectivity index (χ0) is 24.3. The Bertz CT molecular complexity index is 1160. The monoisotopic (exact) mass is 468 g/mol. The van der Waals surface area contributed by atoms with Gasteiger partial charge >= 0.3 is 0 Å². The number of carbonyl (C=O) groups excluding carboxylic acids is 1. The number of aryl methyl sites for hydroxylation is 1. The molecule has 1 saturated heterocycles. The first-order valence-corrected chi connectivity index (χ1v) is 13.8. The number of carbonyl (C=O) groups is 1. The molecule has 3 aromatic carbocycles. The fourth-order valence-corrected chi connectivity index (χ4v) is 6.70. The summed E-state index contributed by atoms with van der Waals surface area (Å²) in [6.45, 7) is 9.99. The Balaban J connectivity index is 1.35. The Kier molecular flexibility index (Phi) is 7.24. The number of Topliss-reactive ketones (excluding diaryl/α,β-unsaturated/α-hetero) is 1. The van der Waals surface area contributed by atoms with Crippen LogP contribution in [0.3, 0.4) is 0 Å². The molecule has 35 heavy (non-hydrogen) atoms. The largest absolute Gasteiger partial charge is 0.370 e. The maximum atomic E-state index is 13.7. The van der Waals surface area contributed by atoms with E-state index >= 15 is 0 Å². The molecule has 0 saturated carbocycles. The predicted molar refractivity (Wildman–Crippen MR) is 148 cm³/mol. The van der Waals surface area contributed by atoms with Crippen LogP contribution in [0.4, 0.5) is 5.69 Å². The van der Waals surface area contributed by atoms with Crippen molar-refractivity contribution in [2.24, 2.45) is 0 Å². The van der Waals surface area contributed by atoms with Crippen LogP contribution in [-0.4, -0.2) is 43.4 Å². The van der Waals surface area contributed by atoms with Crippen LogP contribution >= 0.6 is 0 Å². The number of hydrogen-bond acceptors (Lipinski definition) is 3. The smallest absolute Gasteiger partial charge is 0.174 e. The van der Waals surface area contributed by atoms with Gasteiger partial charge in [-0.2, -0.15) is 0 Å². The van der Waals surface area contributed by atoms with Crippen molar-refractivity contribution in [3.05, 3.63) is 77.4 Å². The van der Waals surface area contributed by atoms with E-state index in [1.54, 1.807) is 0 Å². The van der Waals surface area contributed by atoms with Gasteiger partial charge in [-0.25, -0.2) is 0 Å². The number of hydrogen-bond donors (Lipinski definition) is 0. The number of nitrogens with zero attached hydrogens (tertiary/aromatic N) is 2. The van der Waals surface area contributed by atoms with Crippen LogP contribution < -0.4 is 4.90 Å². The summed E-state index contributed by atoms with van der Waals surface area (Å²) in [5.41, 5.74) is 4.68. The van der Waals surface area contributed by atoms with Gasteiger partial charge in [0.05, 0.1) is 5.41 Å². The summed E-state index contributed by atoms with van der Waals surface area (Å²) < 4.78 is 0. The minimum atomic E-state index is -0.321. The van der Waals surface area contributed by atoms with Crippen LogP contribution in [0.1, 0.15) is 73.9 Å². The molecule has 2 aliphatic rings. The van der Waals surface area contributed by atoms with E-state index in [1.807, 2.05) is 0 Å². The van der Waals surface area contributed by atoms with Crippen molar-refractivity contribution in [3.63, 3.8) is 0 Å². The molecule has 0 N–H and O–H groups in total. The molecule has 1 heterocycles. The van der Waals surface area contributed by atoms with Crippen molar-refractivity contribution in [1.82, 2.24) is 4.90 Å². The lowest BCUT2D eigenvalue weighted by molar-refractivity contribution is 0.0874. The predicted octanol–water partition coefficient (Wildman–Crippen LogP) is 7.02. The Morgan fingerprint density at radius 3 is 2.40 bits per heavy atom. The summed E-state index contributed by atoms with van der Waals surface area (Å²) >= 11 is 0. The van der Waals surface area contributed by atoms with Crippen molar-refractivity contribution in [2.45, 2.75) is 64.2 Å². The molecule has 0 spiro atoms. The first kappa shape index (κ1) is 24.1. The minimum Gasteiger partial charge on any atom is -0.370 e. The molecular weight excluding hydrogens is 428 g/mol. The van der Waals surface area contributed by atoms with Gasteiger partial charge in [0.2, 0.25) is 0 Å². The molecule has 0 amide bonds.